The van der Waals surface area contributed by atoms with Crippen molar-refractivity contribution in [1.29, 1.82) is 0 Å². The van der Waals surface area contributed by atoms with E-state index in [0.717, 1.165) is 11.8 Å². The Morgan fingerprint density at radius 3 is 2.56 bits per heavy atom. The van der Waals surface area contributed by atoms with Gasteiger partial charge in [0, 0.05) is 13.0 Å². The Kier molecular flexibility index (Phi) is 7.73. The minimum absolute atomic E-state index is 0.146. The number of benzene rings is 2. The Bertz CT molecular complexity index is 1080. The quantitative estimate of drug-likeness (QED) is 0.587. The van der Waals surface area contributed by atoms with Crippen LogP contribution in [0, 0.1) is 0 Å². The highest BCUT2D eigenvalue weighted by atomic mass is 35.5. The number of amides is 1. The summed E-state index contributed by atoms with van der Waals surface area (Å²) in [7, 11) is -2.06. The van der Waals surface area contributed by atoms with E-state index in [9.17, 15) is 13.2 Å². The number of carbonyl (C=O) groups excluding carboxylic acids is 1. The lowest BCUT2D eigenvalue weighted by Gasteiger charge is -2.23. The minimum atomic E-state index is -3.55. The molecule has 0 bridgehead atoms. The summed E-state index contributed by atoms with van der Waals surface area (Å²) in [6, 6.07) is 10.1. The number of hydrogen-bond donors (Lipinski definition) is 1. The van der Waals surface area contributed by atoms with Crippen LogP contribution in [0.15, 0.2) is 36.4 Å². The van der Waals surface area contributed by atoms with E-state index in [1.165, 1.54) is 17.5 Å². The minimum Gasteiger partial charge on any atom is -0.495 e. The predicted octanol–water partition coefficient (Wildman–Crippen LogP) is 3.54. The van der Waals surface area contributed by atoms with Crippen LogP contribution in [0.25, 0.3) is 0 Å². The molecule has 1 amide bonds. The Morgan fingerprint density at radius 2 is 1.91 bits per heavy atom. The summed E-state index contributed by atoms with van der Waals surface area (Å²) in [4.78, 5) is 12.4. The van der Waals surface area contributed by atoms with Crippen LogP contribution in [0.3, 0.4) is 0 Å². The molecule has 0 aliphatic carbocycles. The molecule has 174 valence electrons. The lowest BCUT2D eigenvalue weighted by Crippen LogP contribution is -2.32. The highest BCUT2D eigenvalue weighted by Gasteiger charge is 2.20. The summed E-state index contributed by atoms with van der Waals surface area (Å²) in [6.07, 6.45) is 1.64. The van der Waals surface area contributed by atoms with E-state index < -0.39 is 10.0 Å². The van der Waals surface area contributed by atoms with Crippen molar-refractivity contribution in [2.75, 3.05) is 37.4 Å². The van der Waals surface area contributed by atoms with Crippen molar-refractivity contribution in [3.8, 4) is 17.2 Å². The molecule has 0 spiro atoms. The zero-order valence-electron chi connectivity index (χ0n) is 18.3. The van der Waals surface area contributed by atoms with Crippen molar-refractivity contribution in [3.05, 3.63) is 47.0 Å². The molecule has 0 radical (unpaired) electrons. The van der Waals surface area contributed by atoms with Crippen LogP contribution >= 0.6 is 11.6 Å². The number of anilines is 1. The summed E-state index contributed by atoms with van der Waals surface area (Å²) >= 11 is 6.14. The average Bonchev–Trinajstić information content (AvgIpc) is 2.75. The van der Waals surface area contributed by atoms with Crippen LogP contribution in [-0.4, -0.2) is 47.4 Å². The second-order valence-corrected chi connectivity index (χ2v) is 9.76. The molecule has 8 nitrogen and oxygen atoms in total. The fourth-order valence-corrected chi connectivity index (χ4v) is 4.62. The largest absolute Gasteiger partial charge is 0.495 e. The van der Waals surface area contributed by atoms with E-state index in [2.05, 4.69) is 5.32 Å². The Hall–Kier alpha value is -2.65. The monoisotopic (exact) mass is 482 g/mol. The first kappa shape index (κ1) is 24.0. The molecule has 0 saturated heterocycles. The lowest BCUT2D eigenvalue weighted by atomic mass is 10.1. The maximum atomic E-state index is 12.4. The highest BCUT2D eigenvalue weighted by molar-refractivity contribution is 7.92. The third-order valence-electron chi connectivity index (χ3n) is 5.03. The normalized spacial score (nSPS) is 13.9. The number of rotatable bonds is 9. The summed E-state index contributed by atoms with van der Waals surface area (Å²) in [5.41, 5.74) is 1.32. The number of carbonyl (C=O) groups is 1. The third-order valence-corrected chi connectivity index (χ3v) is 6.52. The Morgan fingerprint density at radius 1 is 1.19 bits per heavy atom. The van der Waals surface area contributed by atoms with Crippen molar-refractivity contribution in [2.45, 2.75) is 25.8 Å². The topological polar surface area (TPSA) is 94.2 Å². The fraction of sp³-hybridized carbons (Fsp3) is 0.409. The second-order valence-electron chi connectivity index (χ2n) is 7.45. The average molecular weight is 483 g/mol. The van der Waals surface area contributed by atoms with Crippen LogP contribution in [0.2, 0.25) is 5.02 Å². The molecule has 0 saturated carbocycles. The van der Waals surface area contributed by atoms with Gasteiger partial charge in [0.15, 0.2) is 11.5 Å². The van der Waals surface area contributed by atoms with Crippen LogP contribution < -0.4 is 23.8 Å². The van der Waals surface area contributed by atoms with Gasteiger partial charge in [-0.3, -0.25) is 9.10 Å². The van der Waals surface area contributed by atoms with Gasteiger partial charge in [-0.1, -0.05) is 17.7 Å². The molecule has 10 heteroatoms. The molecular formula is C22H27ClN2O6S. The van der Waals surface area contributed by atoms with E-state index in [4.69, 9.17) is 25.8 Å². The number of methoxy groups -OCH3 is 1. The van der Waals surface area contributed by atoms with Gasteiger partial charge in [-0.2, -0.15) is 0 Å². The van der Waals surface area contributed by atoms with Gasteiger partial charge in [0.25, 0.3) is 0 Å². The number of nitrogens with one attached hydrogen (secondary N) is 1. The van der Waals surface area contributed by atoms with Gasteiger partial charge < -0.3 is 19.5 Å². The molecule has 1 N–H and O–H groups in total. The van der Waals surface area contributed by atoms with E-state index >= 15 is 0 Å². The first-order chi connectivity index (χ1) is 15.2. The van der Waals surface area contributed by atoms with Crippen LogP contribution in [0.5, 0.6) is 17.2 Å². The fourth-order valence-electron chi connectivity index (χ4n) is 3.41. The molecule has 1 heterocycles. The predicted molar refractivity (Wildman–Crippen MR) is 123 cm³/mol. The molecule has 2 aromatic carbocycles. The van der Waals surface area contributed by atoms with Crippen molar-refractivity contribution < 1.29 is 27.4 Å². The number of fused-ring (bicyclic) bond motifs is 1. The molecule has 2 aromatic rings. The van der Waals surface area contributed by atoms with Crippen LogP contribution in [0.1, 0.15) is 31.4 Å². The number of halogens is 1. The van der Waals surface area contributed by atoms with Crippen LogP contribution in [0.4, 0.5) is 5.69 Å². The molecule has 32 heavy (non-hydrogen) atoms. The Labute approximate surface area is 193 Å². The Balaban J connectivity index is 1.57. The maximum absolute atomic E-state index is 12.4. The zero-order valence-corrected chi connectivity index (χ0v) is 19.8. The smallest absolute Gasteiger partial charge is 0.232 e. The van der Waals surface area contributed by atoms with E-state index in [0.29, 0.717) is 47.6 Å². The summed E-state index contributed by atoms with van der Waals surface area (Å²) in [6.45, 7) is 3.04. The molecule has 1 aliphatic heterocycles. The first-order valence-corrected chi connectivity index (χ1v) is 12.4. The molecule has 1 unspecified atom stereocenters. The summed E-state index contributed by atoms with van der Waals surface area (Å²) in [5, 5.41) is 3.25. The summed E-state index contributed by atoms with van der Waals surface area (Å²) in [5.74, 6) is 1.64. The lowest BCUT2D eigenvalue weighted by molar-refractivity contribution is -0.121. The standard InChI is InChI=1S/C22H27ClN2O6S/c1-15(16-6-8-20-21(13-16)31-12-11-30-20)24-22(26)5-4-10-25(32(3,27)28)17-7-9-19(29-2)18(23)14-17/h6-9,13-15H,4-5,10-12H2,1-3H3,(H,24,26). The molecular weight excluding hydrogens is 456 g/mol. The van der Waals surface area contributed by atoms with Gasteiger partial charge in [0.2, 0.25) is 15.9 Å². The summed E-state index contributed by atoms with van der Waals surface area (Å²) < 4.78 is 42.0. The molecule has 3 rings (SSSR count). The first-order valence-electron chi connectivity index (χ1n) is 10.2. The SMILES string of the molecule is COc1ccc(N(CCCC(=O)NC(C)c2ccc3c(c2)OCCO3)S(C)(=O)=O)cc1Cl. The molecule has 0 aromatic heterocycles. The van der Waals surface area contributed by atoms with Gasteiger partial charge in [-0.25, -0.2) is 8.42 Å². The molecule has 0 fully saturated rings. The van der Waals surface area contributed by atoms with Crippen LogP contribution in [-0.2, 0) is 14.8 Å². The zero-order chi connectivity index (χ0) is 23.3. The number of ether oxygens (including phenoxy) is 3. The van der Waals surface area contributed by atoms with E-state index in [-0.39, 0.29) is 24.9 Å². The van der Waals surface area contributed by atoms with Gasteiger partial charge >= 0.3 is 0 Å². The second kappa shape index (κ2) is 10.3. The van der Waals surface area contributed by atoms with Crippen molar-refractivity contribution >= 4 is 33.2 Å². The number of sulfonamides is 1. The molecule has 1 atom stereocenters. The van der Waals surface area contributed by atoms with Crippen molar-refractivity contribution in [1.82, 2.24) is 5.32 Å². The number of hydrogen-bond acceptors (Lipinski definition) is 6. The highest BCUT2D eigenvalue weighted by Crippen LogP contribution is 2.33. The van der Waals surface area contributed by atoms with Gasteiger partial charge in [0.1, 0.15) is 19.0 Å². The third kappa shape index (κ3) is 5.98. The van der Waals surface area contributed by atoms with Gasteiger partial charge in [0.05, 0.1) is 30.1 Å². The van der Waals surface area contributed by atoms with Crippen molar-refractivity contribution in [3.63, 3.8) is 0 Å². The van der Waals surface area contributed by atoms with Gasteiger partial charge in [-0.05, 0) is 49.2 Å². The van der Waals surface area contributed by atoms with E-state index in [1.54, 1.807) is 12.1 Å². The molecule has 1 aliphatic rings. The van der Waals surface area contributed by atoms with Gasteiger partial charge in [-0.15, -0.1) is 0 Å². The van der Waals surface area contributed by atoms with E-state index in [1.807, 2.05) is 25.1 Å². The van der Waals surface area contributed by atoms with Crippen molar-refractivity contribution in [2.24, 2.45) is 0 Å². The number of nitrogens with zero attached hydrogens (tertiary/aromatic N) is 1. The maximum Gasteiger partial charge on any atom is 0.232 e.